The maximum Gasteiger partial charge on any atom is 0.148 e. The van der Waals surface area contributed by atoms with Gasteiger partial charge in [0, 0.05) is 30.5 Å². The Kier molecular flexibility index (Phi) is 4.06. The van der Waals surface area contributed by atoms with Gasteiger partial charge in [-0.25, -0.2) is 18.4 Å². The summed E-state index contributed by atoms with van der Waals surface area (Å²) in [4.78, 5) is 13.1. The minimum absolute atomic E-state index is 0.141. The van der Waals surface area contributed by atoms with Crippen LogP contribution in [-0.2, 0) is 9.84 Å². The smallest absolute Gasteiger partial charge is 0.148 e. The van der Waals surface area contributed by atoms with Crippen LogP contribution in [0, 0.1) is 12.3 Å². The molecule has 0 saturated heterocycles. The van der Waals surface area contributed by atoms with Crippen LogP contribution in [0.3, 0.4) is 0 Å². The fourth-order valence-electron chi connectivity index (χ4n) is 2.69. The molecule has 0 aliphatic heterocycles. The predicted molar refractivity (Wildman–Crippen MR) is 89.9 cm³/mol. The summed E-state index contributed by atoms with van der Waals surface area (Å²) in [5, 5.41) is 3.28. The number of sulfone groups is 1. The lowest BCUT2D eigenvalue weighted by molar-refractivity contribution is 0.560. The molecule has 1 fully saturated rings. The Balaban J connectivity index is 1.75. The summed E-state index contributed by atoms with van der Waals surface area (Å²) < 4.78 is 23.1. The minimum Gasteiger partial charge on any atom is -0.369 e. The number of rotatable bonds is 6. The predicted octanol–water partition coefficient (Wildman–Crippen LogP) is 2.08. The topological polar surface area (TPSA) is 84.8 Å². The minimum atomic E-state index is -2.97. The average Bonchev–Trinajstić information content (AvgIpc) is 3.23. The van der Waals surface area contributed by atoms with E-state index in [0.29, 0.717) is 18.2 Å². The number of nitrogens with zero attached hydrogens (tertiary/aromatic N) is 3. The van der Waals surface area contributed by atoms with Crippen molar-refractivity contribution >= 4 is 15.7 Å². The highest BCUT2D eigenvalue weighted by atomic mass is 32.2. The molecule has 7 heteroatoms. The summed E-state index contributed by atoms with van der Waals surface area (Å²) in [6.07, 6.45) is 4.89. The zero-order valence-corrected chi connectivity index (χ0v) is 14.1. The summed E-state index contributed by atoms with van der Waals surface area (Å²) >= 11 is 0. The Morgan fingerprint density at radius 1 is 1.22 bits per heavy atom. The van der Waals surface area contributed by atoms with Gasteiger partial charge in [0.15, 0.2) is 0 Å². The first kappa shape index (κ1) is 15.9. The molecule has 3 rings (SSSR count). The van der Waals surface area contributed by atoms with E-state index in [0.717, 1.165) is 24.2 Å². The second kappa shape index (κ2) is 5.88. The molecular formula is C16H20N4O2S. The van der Waals surface area contributed by atoms with Gasteiger partial charge in [0.1, 0.15) is 21.5 Å². The molecule has 1 aliphatic rings. The molecular weight excluding hydrogens is 312 g/mol. The van der Waals surface area contributed by atoms with Crippen molar-refractivity contribution in [3.63, 3.8) is 0 Å². The highest BCUT2D eigenvalue weighted by Crippen LogP contribution is 2.46. The van der Waals surface area contributed by atoms with Crippen LogP contribution in [-0.4, -0.2) is 41.9 Å². The molecule has 122 valence electrons. The van der Waals surface area contributed by atoms with Crippen molar-refractivity contribution in [3.05, 3.63) is 36.3 Å². The number of anilines is 1. The van der Waals surface area contributed by atoms with Crippen LogP contribution in [0.5, 0.6) is 0 Å². The average molecular weight is 332 g/mol. The van der Waals surface area contributed by atoms with E-state index in [9.17, 15) is 8.42 Å². The van der Waals surface area contributed by atoms with Crippen molar-refractivity contribution < 1.29 is 8.42 Å². The molecule has 6 nitrogen and oxygen atoms in total. The summed E-state index contributed by atoms with van der Waals surface area (Å²) in [5.41, 5.74) is 1.41. The van der Waals surface area contributed by atoms with Crippen molar-refractivity contribution in [2.45, 2.75) is 19.8 Å². The normalized spacial score (nSPS) is 16.1. The van der Waals surface area contributed by atoms with E-state index in [-0.39, 0.29) is 11.2 Å². The van der Waals surface area contributed by atoms with Crippen LogP contribution in [0.4, 0.5) is 5.82 Å². The van der Waals surface area contributed by atoms with Crippen LogP contribution in [0.15, 0.2) is 30.5 Å². The Hall–Kier alpha value is -2.02. The van der Waals surface area contributed by atoms with Crippen molar-refractivity contribution in [1.82, 2.24) is 15.0 Å². The summed E-state index contributed by atoms with van der Waals surface area (Å²) in [7, 11) is -2.97. The van der Waals surface area contributed by atoms with Gasteiger partial charge in [-0.1, -0.05) is 6.07 Å². The summed E-state index contributed by atoms with van der Waals surface area (Å²) in [6.45, 7) is 2.44. The van der Waals surface area contributed by atoms with Gasteiger partial charge in [0.05, 0.1) is 17.1 Å². The molecule has 0 aromatic carbocycles. The van der Waals surface area contributed by atoms with E-state index >= 15 is 0 Å². The molecule has 1 N–H and O–H groups in total. The Morgan fingerprint density at radius 3 is 2.61 bits per heavy atom. The van der Waals surface area contributed by atoms with Gasteiger partial charge in [0.25, 0.3) is 0 Å². The molecule has 0 spiro atoms. The summed E-state index contributed by atoms with van der Waals surface area (Å²) in [6, 6.07) is 7.53. The number of pyridine rings is 1. The molecule has 0 radical (unpaired) electrons. The third kappa shape index (κ3) is 4.25. The van der Waals surface area contributed by atoms with Gasteiger partial charge >= 0.3 is 0 Å². The van der Waals surface area contributed by atoms with E-state index in [1.165, 1.54) is 6.26 Å². The fourth-order valence-corrected chi connectivity index (χ4v) is 4.19. The number of nitrogens with one attached hydrogen (secondary N) is 1. The van der Waals surface area contributed by atoms with Crippen molar-refractivity contribution in [3.8, 4) is 11.4 Å². The molecule has 0 unspecified atom stereocenters. The second-order valence-corrected chi connectivity index (χ2v) is 8.46. The van der Waals surface area contributed by atoms with E-state index < -0.39 is 9.84 Å². The van der Waals surface area contributed by atoms with Gasteiger partial charge in [-0.3, -0.25) is 4.98 Å². The first-order chi connectivity index (χ1) is 10.9. The molecule has 0 bridgehead atoms. The van der Waals surface area contributed by atoms with Crippen LogP contribution in [0.1, 0.15) is 18.7 Å². The lowest BCUT2D eigenvalue weighted by atomic mass is 10.1. The third-order valence-corrected chi connectivity index (χ3v) is 5.07. The first-order valence-electron chi connectivity index (χ1n) is 7.54. The van der Waals surface area contributed by atoms with Crippen molar-refractivity contribution in [1.29, 1.82) is 0 Å². The monoisotopic (exact) mass is 332 g/mol. The van der Waals surface area contributed by atoms with Crippen LogP contribution < -0.4 is 5.32 Å². The highest BCUT2D eigenvalue weighted by Gasteiger charge is 2.45. The standard InChI is InChI=1S/C16H20N4O2S/c1-12-19-14(13-5-3-4-8-17-13)9-15(20-12)18-10-16(6-7-16)11-23(2,21)22/h3-5,8-9H,6-7,10-11H2,1-2H3,(H,18,19,20). The summed E-state index contributed by atoms with van der Waals surface area (Å²) in [5.74, 6) is 1.59. The quantitative estimate of drug-likeness (QED) is 0.872. The van der Waals surface area contributed by atoms with Crippen LogP contribution in [0.2, 0.25) is 0 Å². The highest BCUT2D eigenvalue weighted by molar-refractivity contribution is 7.90. The second-order valence-electron chi connectivity index (χ2n) is 6.32. The van der Waals surface area contributed by atoms with E-state index in [1.807, 2.05) is 31.2 Å². The molecule has 0 amide bonds. The molecule has 2 heterocycles. The molecule has 0 atom stereocenters. The van der Waals surface area contributed by atoms with Gasteiger partial charge in [-0.2, -0.15) is 0 Å². The Labute approximate surface area is 136 Å². The van der Waals surface area contributed by atoms with E-state index in [2.05, 4.69) is 20.3 Å². The molecule has 2 aromatic heterocycles. The largest absolute Gasteiger partial charge is 0.369 e. The lowest BCUT2D eigenvalue weighted by Crippen LogP contribution is -2.24. The first-order valence-corrected chi connectivity index (χ1v) is 9.60. The number of aryl methyl sites for hydroxylation is 1. The lowest BCUT2D eigenvalue weighted by Gasteiger charge is -2.16. The third-order valence-electron chi connectivity index (χ3n) is 3.94. The maximum atomic E-state index is 11.5. The maximum absolute atomic E-state index is 11.5. The number of hydrogen-bond acceptors (Lipinski definition) is 6. The van der Waals surface area contributed by atoms with Crippen molar-refractivity contribution in [2.75, 3.05) is 23.9 Å². The number of aromatic nitrogens is 3. The SMILES string of the molecule is Cc1nc(NCC2(CS(C)(=O)=O)CC2)cc(-c2ccccn2)n1. The van der Waals surface area contributed by atoms with Crippen LogP contribution >= 0.6 is 0 Å². The zero-order valence-electron chi connectivity index (χ0n) is 13.3. The molecule has 1 saturated carbocycles. The fraction of sp³-hybridized carbons (Fsp3) is 0.438. The Morgan fingerprint density at radius 2 is 2.00 bits per heavy atom. The van der Waals surface area contributed by atoms with Gasteiger partial charge in [0.2, 0.25) is 0 Å². The van der Waals surface area contributed by atoms with Crippen molar-refractivity contribution in [2.24, 2.45) is 5.41 Å². The van der Waals surface area contributed by atoms with Gasteiger partial charge < -0.3 is 5.32 Å². The molecule has 23 heavy (non-hydrogen) atoms. The molecule has 1 aliphatic carbocycles. The molecule has 2 aromatic rings. The van der Waals surface area contributed by atoms with E-state index in [1.54, 1.807) is 6.20 Å². The zero-order chi connectivity index (χ0) is 16.5. The van der Waals surface area contributed by atoms with E-state index in [4.69, 9.17) is 0 Å². The van der Waals surface area contributed by atoms with Crippen LogP contribution in [0.25, 0.3) is 11.4 Å². The number of hydrogen-bond donors (Lipinski definition) is 1. The van der Waals surface area contributed by atoms with Gasteiger partial charge in [-0.15, -0.1) is 0 Å². The van der Waals surface area contributed by atoms with Gasteiger partial charge in [-0.05, 0) is 31.9 Å². The Bertz CT molecular complexity index is 802.